The number of carbonyl (C=O) groups is 2. The van der Waals surface area contributed by atoms with Crippen LogP contribution in [0.1, 0.15) is 39.2 Å². The lowest BCUT2D eigenvalue weighted by molar-refractivity contribution is -0.143. The number of dihydropyridines is 1. The van der Waals surface area contributed by atoms with E-state index in [1.165, 1.54) is 0 Å². The van der Waals surface area contributed by atoms with Gasteiger partial charge in [-0.05, 0) is 39.3 Å². The fourth-order valence-electron chi connectivity index (χ4n) is 3.32. The molecule has 0 amide bonds. The van der Waals surface area contributed by atoms with Gasteiger partial charge >= 0.3 is 11.9 Å². The van der Waals surface area contributed by atoms with Gasteiger partial charge in [0.15, 0.2) is 0 Å². The van der Waals surface area contributed by atoms with Crippen molar-refractivity contribution in [2.24, 2.45) is 5.73 Å². The molecule has 1 heterocycles. The van der Waals surface area contributed by atoms with Gasteiger partial charge in [0.05, 0.1) is 58.7 Å². The maximum Gasteiger partial charge on any atom is 0.337 e. The summed E-state index contributed by atoms with van der Waals surface area (Å²) in [5.41, 5.74) is 7.46. The van der Waals surface area contributed by atoms with E-state index in [4.69, 9.17) is 43.1 Å². The molecule has 2 rings (SSSR count). The van der Waals surface area contributed by atoms with Crippen LogP contribution in [0.4, 0.5) is 0 Å². The van der Waals surface area contributed by atoms with Crippen LogP contribution < -0.4 is 11.1 Å². The number of halogens is 2. The van der Waals surface area contributed by atoms with Crippen LogP contribution in [0.2, 0.25) is 10.0 Å². The van der Waals surface area contributed by atoms with E-state index >= 15 is 0 Å². The lowest BCUT2D eigenvalue weighted by Gasteiger charge is -2.32. The summed E-state index contributed by atoms with van der Waals surface area (Å²) in [6, 6.07) is 5.06. The third kappa shape index (κ3) is 6.01. The van der Waals surface area contributed by atoms with Crippen molar-refractivity contribution in [2.75, 3.05) is 26.4 Å². The summed E-state index contributed by atoms with van der Waals surface area (Å²) >= 11 is 12.8. The molecule has 3 N–H and O–H groups in total. The minimum Gasteiger partial charge on any atom is -0.463 e. The van der Waals surface area contributed by atoms with Crippen LogP contribution in [0.15, 0.2) is 40.7 Å². The molecule has 1 unspecified atom stereocenters. The highest BCUT2D eigenvalue weighted by Crippen LogP contribution is 2.43. The first-order chi connectivity index (χ1) is 14.7. The molecule has 0 radical (unpaired) electrons. The van der Waals surface area contributed by atoms with Gasteiger partial charge in [-0.2, -0.15) is 0 Å². The van der Waals surface area contributed by atoms with Gasteiger partial charge in [0.2, 0.25) is 0 Å². The maximum absolute atomic E-state index is 13.1. The smallest absolute Gasteiger partial charge is 0.337 e. The highest BCUT2D eigenvalue weighted by Gasteiger charge is 2.40. The molecule has 0 saturated heterocycles. The average molecular weight is 471 g/mol. The van der Waals surface area contributed by atoms with Crippen molar-refractivity contribution in [3.8, 4) is 0 Å². The van der Waals surface area contributed by atoms with Gasteiger partial charge in [-0.3, -0.25) is 0 Å². The van der Waals surface area contributed by atoms with E-state index in [1.807, 2.05) is 0 Å². The number of benzene rings is 1. The molecule has 0 bridgehead atoms. The molecule has 9 heteroatoms. The zero-order valence-corrected chi connectivity index (χ0v) is 19.6. The molecule has 1 aliphatic rings. The van der Waals surface area contributed by atoms with Crippen LogP contribution in [0.5, 0.6) is 0 Å². The minimum atomic E-state index is -0.853. The number of nitrogens with two attached hydrogens (primary N) is 1. The summed E-state index contributed by atoms with van der Waals surface area (Å²) in [6.45, 7) is 7.79. The molecular formula is C22H28Cl2N2O5. The molecule has 1 aliphatic heterocycles. The average Bonchev–Trinajstić information content (AvgIpc) is 2.69. The van der Waals surface area contributed by atoms with Crippen LogP contribution in [-0.2, 0) is 23.8 Å². The normalized spacial score (nSPS) is 16.5. The Hall–Kier alpha value is -2.06. The van der Waals surface area contributed by atoms with Crippen LogP contribution in [0.3, 0.4) is 0 Å². The van der Waals surface area contributed by atoms with E-state index in [-0.39, 0.29) is 35.5 Å². The Morgan fingerprint density at radius 2 is 1.90 bits per heavy atom. The number of hydrogen-bond donors (Lipinski definition) is 2. The third-order valence-electron chi connectivity index (χ3n) is 4.50. The fourth-order valence-corrected chi connectivity index (χ4v) is 3.74. The van der Waals surface area contributed by atoms with Gasteiger partial charge in [-0.1, -0.05) is 35.3 Å². The van der Waals surface area contributed by atoms with Gasteiger partial charge in [0.1, 0.15) is 0 Å². The van der Waals surface area contributed by atoms with E-state index < -0.39 is 17.9 Å². The predicted molar refractivity (Wildman–Crippen MR) is 120 cm³/mol. The summed E-state index contributed by atoms with van der Waals surface area (Å²) < 4.78 is 16.4. The molecule has 170 valence electrons. The third-order valence-corrected chi connectivity index (χ3v) is 5.34. The molecule has 1 aromatic rings. The van der Waals surface area contributed by atoms with Gasteiger partial charge in [-0.15, -0.1) is 0 Å². The van der Waals surface area contributed by atoms with Crippen molar-refractivity contribution < 1.29 is 23.8 Å². The molecule has 0 saturated carbocycles. The maximum atomic E-state index is 13.1. The number of nitrogens with one attached hydrogen (secondary N) is 1. The summed E-state index contributed by atoms with van der Waals surface area (Å²) in [7, 11) is 0. The number of hydrogen-bond acceptors (Lipinski definition) is 7. The van der Waals surface area contributed by atoms with E-state index in [9.17, 15) is 9.59 Å². The van der Waals surface area contributed by atoms with Crippen LogP contribution in [-0.4, -0.2) is 44.4 Å². The number of carbonyl (C=O) groups excluding carboxylic acids is 2. The number of esters is 2. The standard InChI is InChI=1S/C22H28Cl2N2O5/c1-5-30-21(27)19-16(11-29-10-9-25)26-13(4)17(22(28)31-12(2)3)18(19)14-7-6-8-15(23)20(14)24/h6-8,12,18,26H,5,9-11,25H2,1-4H3. The van der Waals surface area contributed by atoms with Crippen molar-refractivity contribution in [2.45, 2.75) is 39.7 Å². The molecule has 7 nitrogen and oxygen atoms in total. The second-order valence-corrected chi connectivity index (χ2v) is 7.93. The van der Waals surface area contributed by atoms with Crippen molar-refractivity contribution in [3.63, 3.8) is 0 Å². The largest absolute Gasteiger partial charge is 0.463 e. The number of ether oxygens (including phenoxy) is 3. The Bertz CT molecular complexity index is 896. The van der Waals surface area contributed by atoms with Crippen LogP contribution in [0, 0.1) is 0 Å². The molecule has 0 aliphatic carbocycles. The molecule has 31 heavy (non-hydrogen) atoms. The monoisotopic (exact) mass is 470 g/mol. The number of allylic oxidation sites excluding steroid dienone is 1. The quantitative estimate of drug-likeness (QED) is 0.419. The Morgan fingerprint density at radius 1 is 1.19 bits per heavy atom. The lowest BCUT2D eigenvalue weighted by atomic mass is 9.80. The van der Waals surface area contributed by atoms with Gasteiger partial charge in [-0.25, -0.2) is 9.59 Å². The highest BCUT2D eigenvalue weighted by atomic mass is 35.5. The van der Waals surface area contributed by atoms with Gasteiger partial charge in [0, 0.05) is 12.2 Å². The second kappa shape index (κ2) is 11.5. The SMILES string of the molecule is CCOC(=O)C1=C(COCCN)NC(C)=C(C(=O)OC(C)C)C1c1cccc(Cl)c1Cl. The Balaban J connectivity index is 2.72. The van der Waals surface area contributed by atoms with Crippen molar-refractivity contribution in [1.29, 1.82) is 0 Å². The summed E-state index contributed by atoms with van der Waals surface area (Å²) in [5, 5.41) is 3.66. The molecule has 1 atom stereocenters. The minimum absolute atomic E-state index is 0.0733. The van der Waals surface area contributed by atoms with Crippen LogP contribution in [0.25, 0.3) is 0 Å². The summed E-state index contributed by atoms with van der Waals surface area (Å²) in [4.78, 5) is 26.1. The van der Waals surface area contributed by atoms with Crippen molar-refractivity contribution in [1.82, 2.24) is 5.32 Å². The van der Waals surface area contributed by atoms with E-state index in [0.717, 1.165) is 0 Å². The molecule has 0 fully saturated rings. The predicted octanol–water partition coefficient (Wildman–Crippen LogP) is 3.70. The molecule has 1 aromatic carbocycles. The lowest BCUT2D eigenvalue weighted by Crippen LogP contribution is -2.35. The highest BCUT2D eigenvalue weighted by molar-refractivity contribution is 6.42. The first-order valence-corrected chi connectivity index (χ1v) is 10.8. The Labute approximate surface area is 192 Å². The zero-order valence-electron chi connectivity index (χ0n) is 18.1. The van der Waals surface area contributed by atoms with Crippen LogP contribution >= 0.6 is 23.2 Å². The fraction of sp³-hybridized carbons (Fsp3) is 0.455. The second-order valence-electron chi connectivity index (χ2n) is 7.15. The summed E-state index contributed by atoms with van der Waals surface area (Å²) in [5.74, 6) is -2.01. The number of rotatable bonds is 9. The van der Waals surface area contributed by atoms with E-state index in [0.29, 0.717) is 35.1 Å². The Morgan fingerprint density at radius 3 is 2.52 bits per heavy atom. The topological polar surface area (TPSA) is 99.9 Å². The summed E-state index contributed by atoms with van der Waals surface area (Å²) in [6.07, 6.45) is -0.354. The van der Waals surface area contributed by atoms with Crippen molar-refractivity contribution in [3.05, 3.63) is 56.3 Å². The molecular weight excluding hydrogens is 443 g/mol. The Kier molecular flexibility index (Phi) is 9.37. The zero-order chi connectivity index (χ0) is 23.1. The first kappa shape index (κ1) is 25.2. The van der Waals surface area contributed by atoms with Crippen molar-refractivity contribution >= 4 is 35.1 Å². The van der Waals surface area contributed by atoms with Gasteiger partial charge in [0.25, 0.3) is 0 Å². The first-order valence-electron chi connectivity index (χ1n) is 10.0. The molecule has 0 spiro atoms. The molecule has 0 aromatic heterocycles. The van der Waals surface area contributed by atoms with Gasteiger partial charge < -0.3 is 25.3 Å². The van der Waals surface area contributed by atoms with E-state index in [2.05, 4.69) is 5.32 Å². The van der Waals surface area contributed by atoms with E-state index in [1.54, 1.807) is 45.9 Å².